The molecule has 1 aliphatic carbocycles. The molecule has 0 radical (unpaired) electrons. The second-order valence-electron chi connectivity index (χ2n) is 9.11. The number of ether oxygens (including phenoxy) is 2. The molecule has 9 heteroatoms. The van der Waals surface area contributed by atoms with Gasteiger partial charge in [0.25, 0.3) is 5.56 Å². The highest BCUT2D eigenvalue weighted by Crippen LogP contribution is 2.35. The number of Topliss-reactive ketones (excluding diaryl/α,β-unsaturated/α-hetero) is 1. The Morgan fingerprint density at radius 1 is 1.00 bits per heavy atom. The summed E-state index contributed by atoms with van der Waals surface area (Å²) in [7, 11) is 0. The van der Waals surface area contributed by atoms with Crippen LogP contribution in [-0.4, -0.2) is 33.5 Å². The van der Waals surface area contributed by atoms with E-state index in [0.29, 0.717) is 42.3 Å². The van der Waals surface area contributed by atoms with Gasteiger partial charge in [-0.25, -0.2) is 14.2 Å². The molecule has 1 atom stereocenters. The average Bonchev–Trinajstić information content (AvgIpc) is 3.11. The van der Waals surface area contributed by atoms with Crippen molar-refractivity contribution in [2.24, 2.45) is 0 Å². The zero-order valence-corrected chi connectivity index (χ0v) is 19.3. The van der Waals surface area contributed by atoms with Crippen LogP contribution >= 0.6 is 0 Å². The molecule has 0 saturated heterocycles. The molecule has 36 heavy (non-hydrogen) atoms. The third-order valence-electron chi connectivity index (χ3n) is 6.79. The molecule has 0 saturated carbocycles. The zero-order chi connectivity index (χ0) is 24.8. The van der Waals surface area contributed by atoms with Crippen LogP contribution in [0.5, 0.6) is 11.5 Å². The molecule has 2 aromatic heterocycles. The number of fused-ring (bicyclic) bond motifs is 4. The van der Waals surface area contributed by atoms with E-state index < -0.39 is 11.2 Å². The summed E-state index contributed by atoms with van der Waals surface area (Å²) in [6.45, 7) is 1.25. The highest BCUT2D eigenvalue weighted by atomic mass is 19.1. The van der Waals surface area contributed by atoms with E-state index in [1.165, 1.54) is 22.9 Å². The maximum Gasteiger partial charge on any atom is 0.330 e. The Kier molecular flexibility index (Phi) is 5.40. The van der Waals surface area contributed by atoms with Crippen LogP contribution in [0, 0.1) is 5.82 Å². The second-order valence-corrected chi connectivity index (χ2v) is 9.11. The minimum atomic E-state index is -0.593. The van der Waals surface area contributed by atoms with Crippen molar-refractivity contribution in [3.8, 4) is 11.5 Å². The molecule has 1 N–H and O–H groups in total. The number of nitrogens with zero attached hydrogens (tertiary/aromatic N) is 2. The monoisotopic (exact) mass is 487 g/mol. The van der Waals surface area contributed by atoms with Gasteiger partial charge in [0.2, 0.25) is 0 Å². The molecule has 0 fully saturated rings. The van der Waals surface area contributed by atoms with Crippen LogP contribution in [0.2, 0.25) is 0 Å². The number of benzene rings is 2. The Hall–Kier alpha value is -4.27. The summed E-state index contributed by atoms with van der Waals surface area (Å²) in [5.41, 5.74) is 1.56. The van der Waals surface area contributed by atoms with Crippen molar-refractivity contribution in [1.29, 1.82) is 0 Å². The van der Waals surface area contributed by atoms with Crippen molar-refractivity contribution in [2.45, 2.75) is 31.7 Å². The van der Waals surface area contributed by atoms with Gasteiger partial charge in [0, 0.05) is 24.6 Å². The first-order valence-corrected chi connectivity index (χ1v) is 11.8. The summed E-state index contributed by atoms with van der Waals surface area (Å²) in [6.07, 6.45) is 2.86. The van der Waals surface area contributed by atoms with Crippen LogP contribution in [0.15, 0.2) is 58.3 Å². The first kappa shape index (κ1) is 22.2. The Bertz CT molecular complexity index is 1620. The van der Waals surface area contributed by atoms with Crippen molar-refractivity contribution in [2.75, 3.05) is 13.2 Å². The Balaban J connectivity index is 1.45. The number of aromatic nitrogens is 3. The largest absolute Gasteiger partial charge is 0.490 e. The molecule has 0 bridgehead atoms. The smallest absolute Gasteiger partial charge is 0.330 e. The van der Waals surface area contributed by atoms with E-state index in [4.69, 9.17) is 9.47 Å². The molecule has 2 aliphatic rings. The van der Waals surface area contributed by atoms with Crippen LogP contribution in [-0.2, 0) is 13.0 Å². The first-order chi connectivity index (χ1) is 17.5. The predicted octanol–water partition coefficient (Wildman–Crippen LogP) is 3.35. The van der Waals surface area contributed by atoms with Crippen molar-refractivity contribution < 1.29 is 18.7 Å². The summed E-state index contributed by atoms with van der Waals surface area (Å²) in [6, 6.07) is 11.5. The van der Waals surface area contributed by atoms with Gasteiger partial charge in [-0.05, 0) is 53.3 Å². The van der Waals surface area contributed by atoms with Gasteiger partial charge in [-0.1, -0.05) is 18.2 Å². The van der Waals surface area contributed by atoms with Crippen LogP contribution in [0.25, 0.3) is 11.0 Å². The molecule has 1 unspecified atom stereocenters. The molecule has 4 aromatic rings. The SMILES string of the molecule is O=C1CC(c2ccc(F)cc2)Cc2c1cnc1c2c(=O)[nH]c(=O)n1Cc1ccc2c(c1)OCCCO2. The Morgan fingerprint density at radius 2 is 1.78 bits per heavy atom. The highest BCUT2D eigenvalue weighted by Gasteiger charge is 2.30. The number of halogens is 1. The van der Waals surface area contributed by atoms with Crippen LogP contribution in [0.1, 0.15) is 45.8 Å². The summed E-state index contributed by atoms with van der Waals surface area (Å²) < 4.78 is 26.3. The lowest BCUT2D eigenvalue weighted by atomic mass is 9.79. The molecule has 3 heterocycles. The second kappa shape index (κ2) is 8.75. The number of H-pyrrole nitrogens is 1. The van der Waals surface area contributed by atoms with Gasteiger partial charge in [0.05, 0.1) is 25.1 Å². The third-order valence-corrected chi connectivity index (χ3v) is 6.79. The normalized spacial score (nSPS) is 17.0. The minimum absolute atomic E-state index is 0.139. The summed E-state index contributed by atoms with van der Waals surface area (Å²) >= 11 is 0. The third kappa shape index (κ3) is 3.86. The summed E-state index contributed by atoms with van der Waals surface area (Å²) in [5, 5.41) is 0.224. The van der Waals surface area contributed by atoms with E-state index >= 15 is 0 Å². The molecular formula is C27H22FN3O5. The lowest BCUT2D eigenvalue weighted by molar-refractivity contribution is 0.0964. The molecule has 8 nitrogen and oxygen atoms in total. The topological polar surface area (TPSA) is 103 Å². The lowest BCUT2D eigenvalue weighted by Crippen LogP contribution is -2.33. The Labute approximate surface area is 204 Å². The summed E-state index contributed by atoms with van der Waals surface area (Å²) in [4.78, 5) is 45.6. The minimum Gasteiger partial charge on any atom is -0.490 e. The number of nitrogens with one attached hydrogen (secondary N) is 1. The number of rotatable bonds is 3. The number of carbonyl (C=O) groups excluding carboxylic acids is 1. The molecule has 1 aliphatic heterocycles. The van der Waals surface area contributed by atoms with Crippen molar-refractivity contribution in [3.63, 3.8) is 0 Å². The fourth-order valence-corrected chi connectivity index (χ4v) is 5.01. The molecule has 182 valence electrons. The van der Waals surface area contributed by atoms with Gasteiger partial charge in [0.15, 0.2) is 17.3 Å². The van der Waals surface area contributed by atoms with Crippen LogP contribution in [0.3, 0.4) is 0 Å². The van der Waals surface area contributed by atoms with Crippen molar-refractivity contribution in [1.82, 2.24) is 14.5 Å². The first-order valence-electron chi connectivity index (χ1n) is 11.8. The van der Waals surface area contributed by atoms with E-state index in [1.54, 1.807) is 18.2 Å². The molecule has 0 spiro atoms. The maximum atomic E-state index is 13.4. The number of hydrogen-bond donors (Lipinski definition) is 1. The number of aromatic amines is 1. The fourth-order valence-electron chi connectivity index (χ4n) is 5.01. The standard InChI is InChI=1S/C27H22FN3O5/c28-18-5-3-16(4-6-18)17-11-19-20(21(32)12-17)13-29-25-24(19)26(33)30-27(34)31(25)14-15-2-7-22-23(10-15)36-9-1-8-35-22/h2-7,10,13,17H,1,8-9,11-12,14H2,(H,30,33,34). The average molecular weight is 487 g/mol. The van der Waals surface area contributed by atoms with Crippen molar-refractivity contribution in [3.05, 3.63) is 97.6 Å². The number of pyridine rings is 1. The van der Waals surface area contributed by atoms with E-state index in [1.807, 2.05) is 12.1 Å². The number of ketones is 1. The molecule has 0 amide bonds. The van der Waals surface area contributed by atoms with Gasteiger partial charge in [0.1, 0.15) is 11.5 Å². The number of hydrogen-bond acceptors (Lipinski definition) is 6. The zero-order valence-electron chi connectivity index (χ0n) is 19.3. The highest BCUT2D eigenvalue weighted by molar-refractivity contribution is 6.02. The van der Waals surface area contributed by atoms with E-state index in [0.717, 1.165) is 17.5 Å². The Morgan fingerprint density at radius 3 is 2.58 bits per heavy atom. The maximum absolute atomic E-state index is 13.4. The lowest BCUT2D eigenvalue weighted by Gasteiger charge is -2.25. The van der Waals surface area contributed by atoms with Crippen LogP contribution in [0.4, 0.5) is 4.39 Å². The fraction of sp³-hybridized carbons (Fsp3) is 0.259. The predicted molar refractivity (Wildman–Crippen MR) is 130 cm³/mol. The van der Waals surface area contributed by atoms with E-state index in [2.05, 4.69) is 9.97 Å². The van der Waals surface area contributed by atoms with E-state index in [9.17, 15) is 18.8 Å². The van der Waals surface area contributed by atoms with Gasteiger partial charge in [-0.3, -0.25) is 19.1 Å². The molecule has 6 rings (SSSR count). The van der Waals surface area contributed by atoms with Gasteiger partial charge in [-0.2, -0.15) is 0 Å². The van der Waals surface area contributed by atoms with Gasteiger partial charge in [-0.15, -0.1) is 0 Å². The number of carbonyl (C=O) groups is 1. The van der Waals surface area contributed by atoms with Gasteiger partial charge < -0.3 is 9.47 Å². The van der Waals surface area contributed by atoms with Gasteiger partial charge >= 0.3 is 5.69 Å². The summed E-state index contributed by atoms with van der Waals surface area (Å²) in [5.74, 6) is 0.543. The van der Waals surface area contributed by atoms with Crippen LogP contribution < -0.4 is 20.7 Å². The molecule has 2 aromatic carbocycles. The quantitative estimate of drug-likeness (QED) is 0.476. The van der Waals surface area contributed by atoms with E-state index in [-0.39, 0.29) is 41.5 Å². The van der Waals surface area contributed by atoms with Crippen molar-refractivity contribution >= 4 is 16.8 Å². The molecular weight excluding hydrogens is 465 g/mol.